The number of aliphatic hydroxyl groups is 2. The summed E-state index contributed by atoms with van der Waals surface area (Å²) in [5.41, 5.74) is -13.6. The number of alkyl halides is 12. The number of hydrogen-bond donors (Lipinski definition) is 2. The summed E-state index contributed by atoms with van der Waals surface area (Å²) in [7, 11) is 0. The highest BCUT2D eigenvalue weighted by Gasteiger charge is 2.74. The van der Waals surface area contributed by atoms with Gasteiger partial charge >= 0.3 is 30.7 Å². The molecule has 0 aliphatic rings. The van der Waals surface area contributed by atoms with Crippen molar-refractivity contribution in [1.29, 1.82) is 0 Å². The van der Waals surface area contributed by atoms with E-state index >= 15 is 0 Å². The predicted octanol–water partition coefficient (Wildman–Crippen LogP) is 6.88. The summed E-state index contributed by atoms with van der Waals surface area (Å²) in [6.45, 7) is 9.06. The molecule has 0 amide bonds. The van der Waals surface area contributed by atoms with Gasteiger partial charge in [-0.3, -0.25) is 4.79 Å². The SMILES string of the molecule is CCC(C)(C)C(CC(C)(C)C)C(=O)OC(CC(O)(C(F)(F)F)C(F)(F)F)CC(O)(C(F)(F)F)C(F)(F)F. The Kier molecular flexibility index (Phi) is 10.2. The van der Waals surface area contributed by atoms with Gasteiger partial charge in [0.15, 0.2) is 0 Å². The lowest BCUT2D eigenvalue weighted by Gasteiger charge is -2.40. The normalized spacial score (nSPS) is 16.2. The van der Waals surface area contributed by atoms with E-state index in [1.54, 1.807) is 20.8 Å². The second-order valence-corrected chi connectivity index (χ2v) is 10.8. The molecule has 0 saturated carbocycles. The summed E-state index contributed by atoms with van der Waals surface area (Å²) in [4.78, 5) is 12.9. The molecule has 0 aliphatic carbocycles. The van der Waals surface area contributed by atoms with Gasteiger partial charge in [0.25, 0.3) is 11.2 Å². The van der Waals surface area contributed by atoms with Gasteiger partial charge in [-0.15, -0.1) is 0 Å². The summed E-state index contributed by atoms with van der Waals surface area (Å²) in [6.07, 6.45) is -36.2. The van der Waals surface area contributed by atoms with E-state index in [2.05, 4.69) is 4.74 Å². The first-order chi connectivity index (χ1) is 15.9. The van der Waals surface area contributed by atoms with E-state index in [-0.39, 0.29) is 12.8 Å². The molecule has 0 radical (unpaired) electrons. The van der Waals surface area contributed by atoms with E-state index in [0.29, 0.717) is 0 Å². The average Bonchev–Trinajstić information content (AvgIpc) is 2.61. The van der Waals surface area contributed by atoms with Crippen LogP contribution in [0.1, 0.15) is 67.2 Å². The lowest BCUT2D eigenvalue weighted by Crippen LogP contribution is -2.62. The van der Waals surface area contributed by atoms with Crippen LogP contribution in [0.3, 0.4) is 0 Å². The Hall–Kier alpha value is -1.45. The molecule has 0 spiro atoms. The van der Waals surface area contributed by atoms with Crippen LogP contribution in [0.2, 0.25) is 0 Å². The molecule has 2 N–H and O–H groups in total. The van der Waals surface area contributed by atoms with Crippen molar-refractivity contribution >= 4 is 5.97 Å². The van der Waals surface area contributed by atoms with Gasteiger partial charge in [0.05, 0.1) is 5.92 Å². The summed E-state index contributed by atoms with van der Waals surface area (Å²) < 4.78 is 163. The summed E-state index contributed by atoms with van der Waals surface area (Å²) >= 11 is 0. The molecule has 0 saturated heterocycles. The molecule has 0 heterocycles. The lowest BCUT2D eigenvalue weighted by molar-refractivity contribution is -0.386. The Morgan fingerprint density at radius 2 is 0.946 bits per heavy atom. The third-order valence-electron chi connectivity index (χ3n) is 6.16. The molecule has 222 valence electrons. The Labute approximate surface area is 205 Å². The zero-order chi connectivity index (χ0) is 30.3. The first-order valence-corrected chi connectivity index (χ1v) is 10.8. The highest BCUT2D eigenvalue weighted by molar-refractivity contribution is 5.73. The van der Waals surface area contributed by atoms with Crippen LogP contribution in [0.15, 0.2) is 0 Å². The van der Waals surface area contributed by atoms with Crippen LogP contribution in [0.5, 0.6) is 0 Å². The van der Waals surface area contributed by atoms with Gasteiger partial charge in [-0.25, -0.2) is 0 Å². The van der Waals surface area contributed by atoms with Crippen molar-refractivity contribution in [2.24, 2.45) is 16.7 Å². The van der Waals surface area contributed by atoms with Crippen molar-refractivity contribution < 1.29 is 72.4 Å². The van der Waals surface area contributed by atoms with Crippen LogP contribution in [-0.4, -0.2) is 58.2 Å². The smallest absolute Gasteiger partial charge is 0.426 e. The third-order valence-corrected chi connectivity index (χ3v) is 6.16. The molecule has 1 unspecified atom stereocenters. The topological polar surface area (TPSA) is 66.8 Å². The fourth-order valence-electron chi connectivity index (χ4n) is 3.38. The van der Waals surface area contributed by atoms with E-state index < -0.39 is 77.6 Å². The molecule has 0 aromatic carbocycles. The molecule has 16 heteroatoms. The lowest BCUT2D eigenvalue weighted by atomic mass is 9.70. The Morgan fingerprint density at radius 3 is 1.16 bits per heavy atom. The van der Waals surface area contributed by atoms with Gasteiger partial charge in [0.1, 0.15) is 6.10 Å². The Balaban J connectivity index is 6.87. The number of rotatable bonds is 9. The van der Waals surface area contributed by atoms with Crippen molar-refractivity contribution in [3.63, 3.8) is 0 Å². The minimum Gasteiger partial charge on any atom is -0.462 e. The van der Waals surface area contributed by atoms with Crippen LogP contribution in [0.25, 0.3) is 0 Å². The summed E-state index contributed by atoms with van der Waals surface area (Å²) in [5.74, 6) is -3.10. The number of hydrogen-bond acceptors (Lipinski definition) is 4. The zero-order valence-corrected chi connectivity index (χ0v) is 20.7. The summed E-state index contributed by atoms with van der Waals surface area (Å²) in [6, 6.07) is 0. The van der Waals surface area contributed by atoms with Crippen molar-refractivity contribution in [1.82, 2.24) is 0 Å². The predicted molar refractivity (Wildman–Crippen MR) is 105 cm³/mol. The molecule has 0 aliphatic heterocycles. The number of esters is 1. The van der Waals surface area contributed by atoms with Gasteiger partial charge in [0.2, 0.25) is 0 Å². The average molecular weight is 574 g/mol. The minimum atomic E-state index is -6.65. The molecule has 0 aromatic heterocycles. The van der Waals surface area contributed by atoms with Crippen molar-refractivity contribution in [3.05, 3.63) is 0 Å². The zero-order valence-electron chi connectivity index (χ0n) is 20.7. The maximum atomic E-state index is 13.2. The van der Waals surface area contributed by atoms with Crippen molar-refractivity contribution in [3.8, 4) is 0 Å². The van der Waals surface area contributed by atoms with Crippen LogP contribution >= 0.6 is 0 Å². The van der Waals surface area contributed by atoms with Gasteiger partial charge < -0.3 is 14.9 Å². The fraction of sp³-hybridized carbons (Fsp3) is 0.952. The first-order valence-electron chi connectivity index (χ1n) is 10.8. The van der Waals surface area contributed by atoms with E-state index in [1.807, 2.05) is 0 Å². The second kappa shape index (κ2) is 10.6. The number of carbonyl (C=O) groups excluding carboxylic acids is 1. The largest absolute Gasteiger partial charge is 0.462 e. The highest BCUT2D eigenvalue weighted by atomic mass is 19.4. The van der Waals surface area contributed by atoms with Gasteiger partial charge in [0, 0.05) is 12.8 Å². The third kappa shape index (κ3) is 8.27. The molecule has 0 fully saturated rings. The Bertz CT molecular complexity index is 705. The Morgan fingerprint density at radius 1 is 0.649 bits per heavy atom. The van der Waals surface area contributed by atoms with Crippen molar-refractivity contribution in [2.75, 3.05) is 0 Å². The van der Waals surface area contributed by atoms with Crippen molar-refractivity contribution in [2.45, 2.75) is 109 Å². The number of halogens is 12. The first kappa shape index (κ1) is 35.5. The van der Waals surface area contributed by atoms with Crippen LogP contribution < -0.4 is 0 Å². The maximum Gasteiger partial charge on any atom is 0.426 e. The molecular formula is C21H30F12O4. The molecular weight excluding hydrogens is 544 g/mol. The molecule has 4 nitrogen and oxygen atoms in total. The van der Waals surface area contributed by atoms with Crippen LogP contribution in [0.4, 0.5) is 52.7 Å². The molecule has 1 atom stereocenters. The van der Waals surface area contributed by atoms with E-state index in [9.17, 15) is 67.7 Å². The van der Waals surface area contributed by atoms with Crippen LogP contribution in [-0.2, 0) is 9.53 Å². The molecule has 37 heavy (non-hydrogen) atoms. The number of ether oxygens (including phenoxy) is 1. The molecule has 0 aromatic rings. The van der Waals surface area contributed by atoms with Gasteiger partial charge in [-0.1, -0.05) is 48.0 Å². The quantitative estimate of drug-likeness (QED) is 0.233. The van der Waals surface area contributed by atoms with Gasteiger partial charge in [-0.2, -0.15) is 52.7 Å². The molecule has 0 rings (SSSR count). The summed E-state index contributed by atoms with van der Waals surface area (Å²) in [5, 5.41) is 18.8. The van der Waals surface area contributed by atoms with E-state index in [1.165, 1.54) is 20.8 Å². The van der Waals surface area contributed by atoms with Gasteiger partial charge in [-0.05, 0) is 17.3 Å². The van der Waals surface area contributed by atoms with E-state index in [4.69, 9.17) is 0 Å². The maximum absolute atomic E-state index is 13.2. The number of carbonyl (C=O) groups is 1. The fourth-order valence-corrected chi connectivity index (χ4v) is 3.38. The monoisotopic (exact) mass is 574 g/mol. The minimum absolute atomic E-state index is 0.137. The van der Waals surface area contributed by atoms with Crippen LogP contribution in [0, 0.1) is 16.7 Å². The van der Waals surface area contributed by atoms with E-state index in [0.717, 1.165) is 0 Å². The molecule has 0 bridgehead atoms. The highest BCUT2D eigenvalue weighted by Crippen LogP contribution is 2.51. The second-order valence-electron chi connectivity index (χ2n) is 10.8. The standard InChI is InChI=1S/C21H30F12O4/c1-7-15(5,6)12(10-14(2,3)4)13(34)37-11(8-16(35,18(22,23)24)19(25,26)27)9-17(36,20(28,29)30)21(31,32)33/h11-12,35-36H,7-10H2,1-6H3.